The third-order valence-electron chi connectivity index (χ3n) is 3.62. The van der Waals surface area contributed by atoms with Gasteiger partial charge in [-0.15, -0.1) is 0 Å². The number of rotatable bonds is 4. The van der Waals surface area contributed by atoms with Crippen molar-refractivity contribution in [3.05, 3.63) is 35.4 Å². The van der Waals surface area contributed by atoms with Crippen molar-refractivity contribution in [2.75, 3.05) is 13.1 Å². The normalized spacial score (nSPS) is 21.4. The van der Waals surface area contributed by atoms with Crippen LogP contribution < -0.4 is 5.73 Å². The molecule has 0 radical (unpaired) electrons. The summed E-state index contributed by atoms with van der Waals surface area (Å²) in [6.07, 6.45) is 3.60. The van der Waals surface area contributed by atoms with Gasteiger partial charge in [0.25, 0.3) is 0 Å². The SMILES string of the molecule is CC(C)Cc1ccc(CN2CCC[C@H](N)C2)cc1. The van der Waals surface area contributed by atoms with E-state index in [1.54, 1.807) is 0 Å². The summed E-state index contributed by atoms with van der Waals surface area (Å²) < 4.78 is 0. The van der Waals surface area contributed by atoms with Gasteiger partial charge >= 0.3 is 0 Å². The van der Waals surface area contributed by atoms with Gasteiger partial charge in [0.05, 0.1) is 0 Å². The number of piperidine rings is 1. The molecule has 2 rings (SSSR count). The zero-order valence-corrected chi connectivity index (χ0v) is 11.7. The number of benzene rings is 1. The molecule has 1 aromatic rings. The summed E-state index contributed by atoms with van der Waals surface area (Å²) in [6.45, 7) is 7.83. The van der Waals surface area contributed by atoms with E-state index < -0.39 is 0 Å². The van der Waals surface area contributed by atoms with E-state index in [-0.39, 0.29) is 0 Å². The first-order valence-corrected chi connectivity index (χ1v) is 7.19. The van der Waals surface area contributed by atoms with E-state index in [2.05, 4.69) is 43.0 Å². The van der Waals surface area contributed by atoms with E-state index in [0.29, 0.717) is 6.04 Å². The molecule has 0 amide bonds. The van der Waals surface area contributed by atoms with Gasteiger partial charge in [-0.05, 0) is 42.9 Å². The molecule has 1 aliphatic rings. The van der Waals surface area contributed by atoms with Gasteiger partial charge in [0.1, 0.15) is 0 Å². The Labute approximate surface area is 111 Å². The fourth-order valence-corrected chi connectivity index (χ4v) is 2.75. The van der Waals surface area contributed by atoms with Crippen molar-refractivity contribution in [3.63, 3.8) is 0 Å². The zero-order chi connectivity index (χ0) is 13.0. The molecule has 1 saturated heterocycles. The lowest BCUT2D eigenvalue weighted by atomic mass is 10.0. The Kier molecular flexibility index (Phi) is 4.79. The molecule has 0 spiro atoms. The molecule has 0 bridgehead atoms. The van der Waals surface area contributed by atoms with Crippen molar-refractivity contribution in [1.82, 2.24) is 4.90 Å². The molecule has 2 nitrogen and oxygen atoms in total. The van der Waals surface area contributed by atoms with Gasteiger partial charge in [-0.2, -0.15) is 0 Å². The molecular weight excluding hydrogens is 220 g/mol. The topological polar surface area (TPSA) is 29.3 Å². The molecule has 0 aliphatic carbocycles. The number of nitrogens with two attached hydrogens (primary N) is 1. The summed E-state index contributed by atoms with van der Waals surface area (Å²) >= 11 is 0. The minimum Gasteiger partial charge on any atom is -0.327 e. The van der Waals surface area contributed by atoms with Gasteiger partial charge in [0.2, 0.25) is 0 Å². The smallest absolute Gasteiger partial charge is 0.0234 e. The van der Waals surface area contributed by atoms with Crippen LogP contribution in [-0.4, -0.2) is 24.0 Å². The van der Waals surface area contributed by atoms with Crippen LogP contribution in [0.2, 0.25) is 0 Å². The molecule has 0 saturated carbocycles. The molecule has 2 N–H and O–H groups in total. The molecule has 1 heterocycles. The molecule has 0 aromatic heterocycles. The maximum Gasteiger partial charge on any atom is 0.0234 e. The van der Waals surface area contributed by atoms with Crippen LogP contribution in [0.15, 0.2) is 24.3 Å². The van der Waals surface area contributed by atoms with E-state index in [9.17, 15) is 0 Å². The number of hydrogen-bond donors (Lipinski definition) is 1. The molecular formula is C16H26N2. The fourth-order valence-electron chi connectivity index (χ4n) is 2.75. The highest BCUT2D eigenvalue weighted by Gasteiger charge is 2.16. The molecule has 1 fully saturated rings. The molecule has 18 heavy (non-hydrogen) atoms. The summed E-state index contributed by atoms with van der Waals surface area (Å²) in [5.74, 6) is 0.732. The Morgan fingerprint density at radius 3 is 2.50 bits per heavy atom. The van der Waals surface area contributed by atoms with Crippen LogP contribution >= 0.6 is 0 Å². The van der Waals surface area contributed by atoms with E-state index in [1.165, 1.54) is 36.9 Å². The molecule has 100 valence electrons. The lowest BCUT2D eigenvalue weighted by Gasteiger charge is -2.30. The van der Waals surface area contributed by atoms with Crippen LogP contribution in [0.5, 0.6) is 0 Å². The maximum atomic E-state index is 6.02. The van der Waals surface area contributed by atoms with E-state index >= 15 is 0 Å². The van der Waals surface area contributed by atoms with Gasteiger partial charge in [-0.1, -0.05) is 38.1 Å². The molecule has 1 aromatic carbocycles. The van der Waals surface area contributed by atoms with Crippen LogP contribution in [0.1, 0.15) is 37.8 Å². The van der Waals surface area contributed by atoms with E-state index in [0.717, 1.165) is 19.0 Å². The predicted octanol–water partition coefficient (Wildman–Crippen LogP) is 2.81. The van der Waals surface area contributed by atoms with E-state index in [1.807, 2.05) is 0 Å². The number of hydrogen-bond acceptors (Lipinski definition) is 2. The van der Waals surface area contributed by atoms with E-state index in [4.69, 9.17) is 5.73 Å². The average molecular weight is 246 g/mol. The second-order valence-corrected chi connectivity index (χ2v) is 6.05. The average Bonchev–Trinajstić information content (AvgIpc) is 2.31. The van der Waals surface area contributed by atoms with Gasteiger partial charge in [0.15, 0.2) is 0 Å². The fraction of sp³-hybridized carbons (Fsp3) is 0.625. The minimum atomic E-state index is 0.374. The van der Waals surface area contributed by atoms with Crippen molar-refractivity contribution in [2.24, 2.45) is 11.7 Å². The Bertz CT molecular complexity index is 356. The summed E-state index contributed by atoms with van der Waals surface area (Å²) in [5, 5.41) is 0. The summed E-state index contributed by atoms with van der Waals surface area (Å²) in [7, 11) is 0. The van der Waals surface area contributed by atoms with Crippen molar-refractivity contribution in [3.8, 4) is 0 Å². The second kappa shape index (κ2) is 6.35. The van der Waals surface area contributed by atoms with Crippen LogP contribution in [0, 0.1) is 5.92 Å². The largest absolute Gasteiger partial charge is 0.327 e. The van der Waals surface area contributed by atoms with Crippen LogP contribution in [-0.2, 0) is 13.0 Å². The number of nitrogens with zero attached hydrogens (tertiary/aromatic N) is 1. The Balaban J connectivity index is 1.89. The monoisotopic (exact) mass is 246 g/mol. The van der Waals surface area contributed by atoms with Crippen molar-refractivity contribution >= 4 is 0 Å². The Hall–Kier alpha value is -0.860. The third kappa shape index (κ3) is 4.11. The van der Waals surface area contributed by atoms with Crippen molar-refractivity contribution < 1.29 is 0 Å². The highest BCUT2D eigenvalue weighted by Crippen LogP contribution is 2.14. The first kappa shape index (κ1) is 13.6. The van der Waals surface area contributed by atoms with Gasteiger partial charge in [-0.25, -0.2) is 0 Å². The first-order valence-electron chi connectivity index (χ1n) is 7.19. The summed E-state index contributed by atoms with van der Waals surface area (Å²) in [5.41, 5.74) is 8.88. The summed E-state index contributed by atoms with van der Waals surface area (Å²) in [4.78, 5) is 2.48. The highest BCUT2D eigenvalue weighted by molar-refractivity contribution is 5.22. The quantitative estimate of drug-likeness (QED) is 0.885. The lowest BCUT2D eigenvalue weighted by molar-refractivity contribution is 0.201. The van der Waals surface area contributed by atoms with Crippen molar-refractivity contribution in [1.29, 1.82) is 0 Å². The zero-order valence-electron chi connectivity index (χ0n) is 11.7. The van der Waals surface area contributed by atoms with Crippen molar-refractivity contribution in [2.45, 2.75) is 45.7 Å². The standard InChI is InChI=1S/C16H26N2/c1-13(2)10-14-5-7-15(8-6-14)11-18-9-3-4-16(17)12-18/h5-8,13,16H,3-4,9-12,17H2,1-2H3/t16-/m0/s1. The Morgan fingerprint density at radius 2 is 1.89 bits per heavy atom. The van der Waals surface area contributed by atoms with Crippen LogP contribution in [0.4, 0.5) is 0 Å². The first-order chi connectivity index (χ1) is 8.63. The number of likely N-dealkylation sites (tertiary alicyclic amines) is 1. The van der Waals surface area contributed by atoms with Gasteiger partial charge < -0.3 is 5.73 Å². The molecule has 1 atom stereocenters. The van der Waals surface area contributed by atoms with Gasteiger partial charge in [0, 0.05) is 19.1 Å². The minimum absolute atomic E-state index is 0.374. The molecule has 0 unspecified atom stereocenters. The highest BCUT2D eigenvalue weighted by atomic mass is 15.1. The third-order valence-corrected chi connectivity index (χ3v) is 3.62. The predicted molar refractivity (Wildman–Crippen MR) is 77.5 cm³/mol. The maximum absolute atomic E-state index is 6.02. The lowest BCUT2D eigenvalue weighted by Crippen LogP contribution is -2.42. The van der Waals surface area contributed by atoms with Crippen LogP contribution in [0.3, 0.4) is 0 Å². The van der Waals surface area contributed by atoms with Gasteiger partial charge in [-0.3, -0.25) is 4.90 Å². The van der Waals surface area contributed by atoms with Crippen LogP contribution in [0.25, 0.3) is 0 Å². The second-order valence-electron chi connectivity index (χ2n) is 6.05. The summed E-state index contributed by atoms with van der Waals surface area (Å²) in [6, 6.07) is 9.48. The molecule has 1 aliphatic heterocycles. The molecule has 2 heteroatoms. The Morgan fingerprint density at radius 1 is 1.22 bits per heavy atom.